The van der Waals surface area contributed by atoms with Crippen LogP contribution in [0.1, 0.15) is 69.0 Å². The molecule has 1 saturated carbocycles. The summed E-state index contributed by atoms with van der Waals surface area (Å²) in [7, 11) is 0. The Kier molecular flexibility index (Phi) is 4.61. The number of nitrogens with one attached hydrogen (secondary N) is 1. The average Bonchev–Trinajstić information content (AvgIpc) is 3.10. The van der Waals surface area contributed by atoms with Crippen LogP contribution in [-0.4, -0.2) is 24.1 Å². The molecule has 1 unspecified atom stereocenters. The topological polar surface area (TPSA) is 28.2 Å². The minimum Gasteiger partial charge on any atom is -0.345 e. The van der Waals surface area contributed by atoms with E-state index in [9.17, 15) is 0 Å². The molecule has 0 spiro atoms. The Bertz CT molecular complexity index is 437. The van der Waals surface area contributed by atoms with E-state index < -0.39 is 0 Å². The van der Waals surface area contributed by atoms with Gasteiger partial charge in [0.15, 0.2) is 5.13 Å². The predicted molar refractivity (Wildman–Crippen MR) is 86.7 cm³/mol. The van der Waals surface area contributed by atoms with Crippen molar-refractivity contribution in [2.75, 3.05) is 18.0 Å². The first-order valence-corrected chi connectivity index (χ1v) is 9.14. The normalized spacial score (nSPS) is 23.0. The molecule has 0 radical (unpaired) electrons. The van der Waals surface area contributed by atoms with Crippen molar-refractivity contribution < 1.29 is 0 Å². The van der Waals surface area contributed by atoms with Crippen LogP contribution in [0.3, 0.4) is 0 Å². The number of anilines is 1. The maximum atomic E-state index is 5.05. The minimum atomic E-state index is 0.496. The van der Waals surface area contributed by atoms with E-state index in [0.717, 1.165) is 19.1 Å². The highest BCUT2D eigenvalue weighted by Crippen LogP contribution is 2.38. The van der Waals surface area contributed by atoms with Crippen molar-refractivity contribution >= 4 is 16.5 Å². The molecule has 0 bridgehead atoms. The molecule has 0 amide bonds. The molecule has 2 aliphatic carbocycles. The number of hydrogen-bond donors (Lipinski definition) is 1. The van der Waals surface area contributed by atoms with Crippen molar-refractivity contribution in [1.29, 1.82) is 0 Å². The van der Waals surface area contributed by atoms with Gasteiger partial charge in [-0.2, -0.15) is 0 Å². The molecule has 2 aliphatic rings. The van der Waals surface area contributed by atoms with Crippen molar-refractivity contribution in [3.63, 3.8) is 0 Å². The van der Waals surface area contributed by atoms with Crippen LogP contribution in [-0.2, 0) is 6.42 Å². The van der Waals surface area contributed by atoms with Gasteiger partial charge in [0.1, 0.15) is 0 Å². The van der Waals surface area contributed by atoms with Crippen LogP contribution in [0.15, 0.2) is 0 Å². The van der Waals surface area contributed by atoms with Crippen molar-refractivity contribution in [1.82, 2.24) is 10.3 Å². The van der Waals surface area contributed by atoms with Gasteiger partial charge in [0.25, 0.3) is 0 Å². The van der Waals surface area contributed by atoms with Crippen molar-refractivity contribution in [2.45, 2.75) is 70.9 Å². The molecule has 1 atom stereocenters. The van der Waals surface area contributed by atoms with Gasteiger partial charge in [0, 0.05) is 17.5 Å². The largest absolute Gasteiger partial charge is 0.345 e. The molecule has 0 aromatic carbocycles. The zero-order chi connectivity index (χ0) is 13.9. The smallest absolute Gasteiger partial charge is 0.186 e. The van der Waals surface area contributed by atoms with Crippen molar-refractivity contribution in [3.8, 4) is 0 Å². The molecule has 1 heterocycles. The Morgan fingerprint density at radius 2 is 2.00 bits per heavy atom. The summed E-state index contributed by atoms with van der Waals surface area (Å²) in [6.07, 6.45) is 9.29. The van der Waals surface area contributed by atoms with E-state index in [1.165, 1.54) is 60.6 Å². The quantitative estimate of drug-likeness (QED) is 0.892. The highest BCUT2D eigenvalue weighted by atomic mass is 32.1. The number of aromatic nitrogens is 1. The number of rotatable bonds is 5. The van der Waals surface area contributed by atoms with E-state index in [4.69, 9.17) is 4.98 Å². The van der Waals surface area contributed by atoms with E-state index in [0.29, 0.717) is 6.04 Å². The summed E-state index contributed by atoms with van der Waals surface area (Å²) in [5, 5.41) is 4.89. The third-order valence-corrected chi connectivity index (χ3v) is 5.91. The van der Waals surface area contributed by atoms with Gasteiger partial charge in [0.05, 0.1) is 11.7 Å². The number of thiazole rings is 1. The number of aryl methyl sites for hydroxylation is 1. The summed E-state index contributed by atoms with van der Waals surface area (Å²) in [6, 6.07) is 1.24. The maximum Gasteiger partial charge on any atom is 0.186 e. The molecule has 0 saturated heterocycles. The zero-order valence-electron chi connectivity index (χ0n) is 12.8. The predicted octanol–water partition coefficient (Wildman–Crippen LogP) is 3.90. The van der Waals surface area contributed by atoms with Gasteiger partial charge < -0.3 is 10.2 Å². The molecule has 1 aromatic rings. The monoisotopic (exact) mass is 293 g/mol. The summed E-state index contributed by atoms with van der Waals surface area (Å²) >= 11 is 1.96. The van der Waals surface area contributed by atoms with Crippen molar-refractivity contribution in [2.24, 2.45) is 0 Å². The lowest BCUT2D eigenvalue weighted by Crippen LogP contribution is -2.33. The summed E-state index contributed by atoms with van der Waals surface area (Å²) in [5.74, 6) is 0. The second kappa shape index (κ2) is 6.44. The fourth-order valence-electron chi connectivity index (χ4n) is 3.74. The molecular formula is C16H27N3S. The average molecular weight is 293 g/mol. The van der Waals surface area contributed by atoms with Gasteiger partial charge in [-0.15, -0.1) is 11.3 Å². The molecule has 3 rings (SSSR count). The molecule has 1 aromatic heterocycles. The number of nitrogens with zero attached hydrogens (tertiary/aromatic N) is 2. The SMILES string of the molecule is CCNC1CCCc2sc(N(CC)C3CCCC3)nc21. The van der Waals surface area contributed by atoms with Gasteiger partial charge in [-0.25, -0.2) is 4.98 Å². The Hall–Kier alpha value is -0.610. The third kappa shape index (κ3) is 2.73. The molecule has 20 heavy (non-hydrogen) atoms. The van der Waals surface area contributed by atoms with Gasteiger partial charge in [-0.1, -0.05) is 19.8 Å². The van der Waals surface area contributed by atoms with Gasteiger partial charge in [-0.3, -0.25) is 0 Å². The Balaban J connectivity index is 1.83. The maximum absolute atomic E-state index is 5.05. The van der Waals surface area contributed by atoms with E-state index in [1.807, 2.05) is 11.3 Å². The fraction of sp³-hybridized carbons (Fsp3) is 0.812. The lowest BCUT2D eigenvalue weighted by molar-refractivity contribution is 0.465. The highest BCUT2D eigenvalue weighted by molar-refractivity contribution is 7.15. The first kappa shape index (κ1) is 14.3. The lowest BCUT2D eigenvalue weighted by Gasteiger charge is -2.27. The Labute approximate surface area is 126 Å². The molecule has 0 aliphatic heterocycles. The molecule has 1 N–H and O–H groups in total. The van der Waals surface area contributed by atoms with Crippen LogP contribution in [0, 0.1) is 0 Å². The fourth-order valence-corrected chi connectivity index (χ4v) is 5.04. The van der Waals surface area contributed by atoms with Crippen LogP contribution < -0.4 is 10.2 Å². The summed E-state index contributed by atoms with van der Waals surface area (Å²) in [6.45, 7) is 6.61. The van der Waals surface area contributed by atoms with Crippen LogP contribution in [0.4, 0.5) is 5.13 Å². The minimum absolute atomic E-state index is 0.496. The molecular weight excluding hydrogens is 266 g/mol. The lowest BCUT2D eigenvalue weighted by atomic mass is 9.98. The highest BCUT2D eigenvalue weighted by Gasteiger charge is 2.28. The summed E-state index contributed by atoms with van der Waals surface area (Å²) in [4.78, 5) is 9.15. The van der Waals surface area contributed by atoms with E-state index in [-0.39, 0.29) is 0 Å². The van der Waals surface area contributed by atoms with Crippen molar-refractivity contribution in [3.05, 3.63) is 10.6 Å². The summed E-state index contributed by atoms with van der Waals surface area (Å²) in [5.41, 5.74) is 1.36. The Morgan fingerprint density at radius 3 is 2.70 bits per heavy atom. The van der Waals surface area contributed by atoms with Crippen LogP contribution in [0.25, 0.3) is 0 Å². The Morgan fingerprint density at radius 1 is 1.20 bits per heavy atom. The zero-order valence-corrected chi connectivity index (χ0v) is 13.6. The third-order valence-electron chi connectivity index (χ3n) is 4.75. The standard InChI is InChI=1S/C16H27N3S/c1-3-17-13-10-7-11-14-15(13)18-16(20-14)19(4-2)12-8-5-6-9-12/h12-13,17H,3-11H2,1-2H3. The second-order valence-corrected chi connectivity index (χ2v) is 7.09. The molecule has 4 heteroatoms. The number of fused-ring (bicyclic) bond motifs is 1. The van der Waals surface area contributed by atoms with E-state index in [2.05, 4.69) is 24.1 Å². The van der Waals surface area contributed by atoms with E-state index >= 15 is 0 Å². The first-order chi connectivity index (χ1) is 9.83. The van der Waals surface area contributed by atoms with Gasteiger partial charge in [-0.05, 0) is 45.6 Å². The molecule has 3 nitrogen and oxygen atoms in total. The van der Waals surface area contributed by atoms with Crippen LogP contribution in [0.2, 0.25) is 0 Å². The van der Waals surface area contributed by atoms with E-state index in [1.54, 1.807) is 0 Å². The number of hydrogen-bond acceptors (Lipinski definition) is 4. The van der Waals surface area contributed by atoms with Crippen LogP contribution in [0.5, 0.6) is 0 Å². The van der Waals surface area contributed by atoms with Gasteiger partial charge in [0.2, 0.25) is 0 Å². The molecule has 112 valence electrons. The second-order valence-electron chi connectivity index (χ2n) is 6.03. The van der Waals surface area contributed by atoms with Crippen LogP contribution >= 0.6 is 11.3 Å². The summed E-state index contributed by atoms with van der Waals surface area (Å²) < 4.78 is 0. The molecule has 1 fully saturated rings. The first-order valence-electron chi connectivity index (χ1n) is 8.33. The van der Waals surface area contributed by atoms with Gasteiger partial charge >= 0.3 is 0 Å².